The molecule has 5 heteroatoms. The molecule has 16 heavy (non-hydrogen) atoms. The summed E-state index contributed by atoms with van der Waals surface area (Å²) < 4.78 is 13.3. The Balaban J connectivity index is 2.79. The maximum atomic E-state index is 13.3. The number of halogens is 1. The maximum absolute atomic E-state index is 13.3. The van der Waals surface area contributed by atoms with Gasteiger partial charge in [-0.2, -0.15) is 0 Å². The molecule has 82 valence electrons. The van der Waals surface area contributed by atoms with Crippen LogP contribution in [0.1, 0.15) is 15.9 Å². The predicted octanol–water partition coefficient (Wildman–Crippen LogP) is 1.96. The number of fused-ring (bicyclic) bond motifs is 1. The molecule has 3 N–H and O–H groups in total. The summed E-state index contributed by atoms with van der Waals surface area (Å²) in [5.74, 6) is -1.79. The number of pyridine rings is 1. The number of hydrogen-bond donors (Lipinski definition) is 2. The van der Waals surface area contributed by atoms with Crippen molar-refractivity contribution in [2.75, 3.05) is 5.73 Å². The molecule has 0 aliphatic heterocycles. The molecule has 4 nitrogen and oxygen atoms in total. The lowest BCUT2D eigenvalue weighted by molar-refractivity contribution is 0.0692. The molecule has 0 amide bonds. The topological polar surface area (TPSA) is 76.2 Å². The van der Waals surface area contributed by atoms with Crippen molar-refractivity contribution < 1.29 is 14.3 Å². The second-order valence-electron chi connectivity index (χ2n) is 3.52. The Morgan fingerprint density at radius 2 is 2.12 bits per heavy atom. The molecular weight excluding hydrogens is 211 g/mol. The minimum atomic E-state index is -1.30. The highest BCUT2D eigenvalue weighted by atomic mass is 19.1. The van der Waals surface area contributed by atoms with Crippen molar-refractivity contribution in [1.82, 2.24) is 4.98 Å². The van der Waals surface area contributed by atoms with Crippen molar-refractivity contribution in [1.29, 1.82) is 0 Å². The van der Waals surface area contributed by atoms with Crippen LogP contribution in [0.15, 0.2) is 18.2 Å². The van der Waals surface area contributed by atoms with Gasteiger partial charge in [0.25, 0.3) is 0 Å². The Bertz CT molecular complexity index is 596. The molecule has 0 saturated heterocycles. The third kappa shape index (κ3) is 1.56. The lowest BCUT2D eigenvalue weighted by Gasteiger charge is -2.04. The number of anilines is 1. The van der Waals surface area contributed by atoms with Crippen LogP contribution in [-0.2, 0) is 0 Å². The van der Waals surface area contributed by atoms with Gasteiger partial charge < -0.3 is 10.8 Å². The van der Waals surface area contributed by atoms with E-state index in [1.54, 1.807) is 13.0 Å². The van der Waals surface area contributed by atoms with E-state index in [4.69, 9.17) is 10.8 Å². The fourth-order valence-electron chi connectivity index (χ4n) is 1.48. The minimum absolute atomic E-state index is 0.315. The van der Waals surface area contributed by atoms with Crippen LogP contribution >= 0.6 is 0 Å². The summed E-state index contributed by atoms with van der Waals surface area (Å²) in [5.41, 5.74) is 6.31. The molecule has 0 saturated carbocycles. The SMILES string of the molecule is Cc1cc2cc(C(=O)O)c(F)cc2nc1N. The molecule has 0 radical (unpaired) electrons. The van der Waals surface area contributed by atoms with Gasteiger partial charge in [0.05, 0.1) is 11.1 Å². The number of aromatic nitrogens is 1. The van der Waals surface area contributed by atoms with Gasteiger partial charge in [-0.05, 0) is 24.6 Å². The van der Waals surface area contributed by atoms with E-state index in [9.17, 15) is 9.18 Å². The second-order valence-corrected chi connectivity index (χ2v) is 3.52. The van der Waals surface area contributed by atoms with E-state index in [2.05, 4.69) is 4.98 Å². The van der Waals surface area contributed by atoms with Crippen LogP contribution in [0.3, 0.4) is 0 Å². The molecule has 0 aliphatic rings. The molecule has 0 unspecified atom stereocenters. The van der Waals surface area contributed by atoms with Crippen LogP contribution < -0.4 is 5.73 Å². The first-order chi connectivity index (χ1) is 7.49. The molecule has 2 aromatic rings. The molecule has 0 bridgehead atoms. The van der Waals surface area contributed by atoms with Crippen LogP contribution in [0.2, 0.25) is 0 Å². The number of aryl methyl sites for hydroxylation is 1. The number of nitrogens with two attached hydrogens (primary N) is 1. The molecule has 0 spiro atoms. The molecule has 1 heterocycles. The third-order valence-corrected chi connectivity index (χ3v) is 2.36. The van der Waals surface area contributed by atoms with E-state index in [-0.39, 0.29) is 5.56 Å². The average molecular weight is 220 g/mol. The Hall–Kier alpha value is -2.17. The molecular formula is C11H9FN2O2. The van der Waals surface area contributed by atoms with E-state index in [1.165, 1.54) is 6.07 Å². The van der Waals surface area contributed by atoms with E-state index in [0.29, 0.717) is 16.7 Å². The van der Waals surface area contributed by atoms with Gasteiger partial charge >= 0.3 is 5.97 Å². The summed E-state index contributed by atoms with van der Waals surface area (Å²) in [6.45, 7) is 1.76. The zero-order chi connectivity index (χ0) is 11.9. The van der Waals surface area contributed by atoms with Crippen molar-refractivity contribution in [2.45, 2.75) is 6.92 Å². The average Bonchev–Trinajstić information content (AvgIpc) is 2.19. The summed E-state index contributed by atoms with van der Waals surface area (Å²) in [6.07, 6.45) is 0. The molecule has 0 fully saturated rings. The maximum Gasteiger partial charge on any atom is 0.338 e. The zero-order valence-corrected chi connectivity index (χ0v) is 8.49. The summed E-state index contributed by atoms with van der Waals surface area (Å²) in [5, 5.41) is 9.32. The number of benzene rings is 1. The third-order valence-electron chi connectivity index (χ3n) is 2.36. The van der Waals surface area contributed by atoms with Gasteiger partial charge in [-0.25, -0.2) is 14.2 Å². The van der Waals surface area contributed by atoms with Crippen molar-refractivity contribution >= 4 is 22.7 Å². The van der Waals surface area contributed by atoms with Crippen molar-refractivity contribution in [3.05, 3.63) is 35.1 Å². The first-order valence-electron chi connectivity index (χ1n) is 4.58. The number of hydrogen-bond acceptors (Lipinski definition) is 3. The van der Waals surface area contributed by atoms with Gasteiger partial charge in [0, 0.05) is 11.5 Å². The van der Waals surface area contributed by atoms with Crippen LogP contribution in [0.5, 0.6) is 0 Å². The highest BCUT2D eigenvalue weighted by Crippen LogP contribution is 2.21. The lowest BCUT2D eigenvalue weighted by Crippen LogP contribution is -2.02. The summed E-state index contributed by atoms with van der Waals surface area (Å²) in [4.78, 5) is 14.7. The molecule has 1 aromatic heterocycles. The monoisotopic (exact) mass is 220 g/mol. The smallest absolute Gasteiger partial charge is 0.338 e. The number of carboxylic acid groups (broad SMARTS) is 1. The zero-order valence-electron chi connectivity index (χ0n) is 8.49. The van der Waals surface area contributed by atoms with E-state index in [0.717, 1.165) is 11.6 Å². The highest BCUT2D eigenvalue weighted by molar-refractivity contribution is 5.94. The van der Waals surface area contributed by atoms with Gasteiger partial charge in [-0.3, -0.25) is 0 Å². The van der Waals surface area contributed by atoms with Crippen molar-refractivity contribution in [3.63, 3.8) is 0 Å². The number of carboxylic acids is 1. The lowest BCUT2D eigenvalue weighted by atomic mass is 10.1. The van der Waals surface area contributed by atoms with Crippen LogP contribution in [0, 0.1) is 12.7 Å². The number of carbonyl (C=O) groups is 1. The van der Waals surface area contributed by atoms with E-state index >= 15 is 0 Å². The molecule has 2 rings (SSSR count). The largest absolute Gasteiger partial charge is 0.478 e. The van der Waals surface area contributed by atoms with Gasteiger partial charge in [-0.15, -0.1) is 0 Å². The van der Waals surface area contributed by atoms with E-state index in [1.807, 2.05) is 0 Å². The number of nitrogens with zero attached hydrogens (tertiary/aromatic N) is 1. The van der Waals surface area contributed by atoms with Crippen molar-refractivity contribution in [3.8, 4) is 0 Å². The first-order valence-corrected chi connectivity index (χ1v) is 4.58. The van der Waals surface area contributed by atoms with Crippen LogP contribution in [0.25, 0.3) is 10.9 Å². The first kappa shape index (κ1) is 10.4. The number of aromatic carboxylic acids is 1. The Morgan fingerprint density at radius 3 is 2.75 bits per heavy atom. The van der Waals surface area contributed by atoms with Gasteiger partial charge in [0.15, 0.2) is 0 Å². The van der Waals surface area contributed by atoms with Crippen LogP contribution in [0.4, 0.5) is 10.2 Å². The Morgan fingerprint density at radius 1 is 1.44 bits per heavy atom. The highest BCUT2D eigenvalue weighted by Gasteiger charge is 2.12. The second kappa shape index (κ2) is 3.44. The van der Waals surface area contributed by atoms with Crippen LogP contribution in [-0.4, -0.2) is 16.1 Å². The van der Waals surface area contributed by atoms with Gasteiger partial charge in [0.1, 0.15) is 11.6 Å². The quantitative estimate of drug-likeness (QED) is 0.770. The Kier molecular flexibility index (Phi) is 2.23. The Labute approximate surface area is 90.5 Å². The van der Waals surface area contributed by atoms with E-state index < -0.39 is 11.8 Å². The van der Waals surface area contributed by atoms with Gasteiger partial charge in [0.2, 0.25) is 0 Å². The fraction of sp³-hybridized carbons (Fsp3) is 0.0909. The number of rotatable bonds is 1. The molecule has 0 atom stereocenters. The normalized spacial score (nSPS) is 10.6. The number of nitrogen functional groups attached to an aromatic ring is 1. The minimum Gasteiger partial charge on any atom is -0.478 e. The predicted molar refractivity (Wildman–Crippen MR) is 57.8 cm³/mol. The molecule has 0 aliphatic carbocycles. The summed E-state index contributed by atoms with van der Waals surface area (Å²) >= 11 is 0. The summed E-state index contributed by atoms with van der Waals surface area (Å²) in [7, 11) is 0. The van der Waals surface area contributed by atoms with Crippen molar-refractivity contribution in [2.24, 2.45) is 0 Å². The van der Waals surface area contributed by atoms with Gasteiger partial charge in [-0.1, -0.05) is 0 Å². The summed E-state index contributed by atoms with van der Waals surface area (Å²) in [6, 6.07) is 4.02. The molecule has 1 aromatic carbocycles. The fourth-order valence-corrected chi connectivity index (χ4v) is 1.48. The standard InChI is InChI=1S/C11H9FN2O2/c1-5-2-6-3-7(11(15)16)8(12)4-9(6)14-10(5)13/h2-4H,1H3,(H2,13,14)(H,15,16).